The van der Waals surface area contributed by atoms with Crippen LogP contribution in [0.25, 0.3) is 11.4 Å². The van der Waals surface area contributed by atoms with Crippen molar-refractivity contribution in [2.75, 3.05) is 0 Å². The lowest BCUT2D eigenvalue weighted by molar-refractivity contribution is 0.0950. The van der Waals surface area contributed by atoms with Gasteiger partial charge in [0.25, 0.3) is 5.91 Å². The van der Waals surface area contributed by atoms with Crippen LogP contribution in [-0.2, 0) is 7.05 Å². The van der Waals surface area contributed by atoms with Crippen molar-refractivity contribution in [3.63, 3.8) is 0 Å². The highest BCUT2D eigenvalue weighted by Crippen LogP contribution is 2.17. The SMILES string of the molecule is Cn1cccc1-c1cc(C(=O)N/N=C/c2cccc(Br)c2)[nH]n1. The molecule has 0 bridgehead atoms. The number of H-pyrrole nitrogens is 1. The molecule has 0 saturated heterocycles. The second kappa shape index (κ2) is 6.62. The van der Waals surface area contributed by atoms with Crippen LogP contribution in [0.1, 0.15) is 16.1 Å². The number of hydrogen-bond acceptors (Lipinski definition) is 3. The fourth-order valence-corrected chi connectivity index (χ4v) is 2.53. The van der Waals surface area contributed by atoms with Crippen molar-refractivity contribution in [3.05, 3.63) is 64.4 Å². The molecule has 0 spiro atoms. The van der Waals surface area contributed by atoms with Crippen molar-refractivity contribution in [2.45, 2.75) is 0 Å². The van der Waals surface area contributed by atoms with Crippen LogP contribution in [0, 0.1) is 0 Å². The van der Waals surface area contributed by atoms with Gasteiger partial charge in [0.2, 0.25) is 0 Å². The summed E-state index contributed by atoms with van der Waals surface area (Å²) in [6.45, 7) is 0. The highest BCUT2D eigenvalue weighted by atomic mass is 79.9. The third-order valence-corrected chi connectivity index (χ3v) is 3.75. The number of nitrogens with one attached hydrogen (secondary N) is 2. The van der Waals surface area contributed by atoms with Gasteiger partial charge in [0.1, 0.15) is 11.4 Å². The Morgan fingerprint density at radius 1 is 1.35 bits per heavy atom. The van der Waals surface area contributed by atoms with Gasteiger partial charge in [-0.1, -0.05) is 28.1 Å². The molecule has 0 saturated carbocycles. The summed E-state index contributed by atoms with van der Waals surface area (Å²) in [7, 11) is 1.92. The van der Waals surface area contributed by atoms with Gasteiger partial charge in [-0.05, 0) is 35.9 Å². The van der Waals surface area contributed by atoms with Gasteiger partial charge in [0.15, 0.2) is 0 Å². The Balaban J connectivity index is 1.67. The first-order valence-corrected chi connectivity index (χ1v) is 7.69. The maximum atomic E-state index is 12.1. The standard InChI is InChI=1S/C16H14BrN5O/c1-22-7-3-6-15(22)13-9-14(20-19-13)16(23)21-18-10-11-4-2-5-12(17)8-11/h2-10H,1H3,(H,19,20)(H,21,23)/b18-10+. The third kappa shape index (κ3) is 3.57. The van der Waals surface area contributed by atoms with E-state index in [0.29, 0.717) is 11.4 Å². The van der Waals surface area contributed by atoms with Gasteiger partial charge in [-0.2, -0.15) is 10.2 Å². The quantitative estimate of drug-likeness (QED) is 0.546. The fourth-order valence-electron chi connectivity index (χ4n) is 2.11. The summed E-state index contributed by atoms with van der Waals surface area (Å²) in [5.41, 5.74) is 5.35. The van der Waals surface area contributed by atoms with E-state index in [0.717, 1.165) is 15.7 Å². The molecule has 0 unspecified atom stereocenters. The van der Waals surface area contributed by atoms with Crippen molar-refractivity contribution in [3.8, 4) is 11.4 Å². The zero-order chi connectivity index (χ0) is 16.2. The monoisotopic (exact) mass is 371 g/mol. The summed E-state index contributed by atoms with van der Waals surface area (Å²) in [5.74, 6) is -0.343. The van der Waals surface area contributed by atoms with Crippen LogP contribution in [0.5, 0.6) is 0 Å². The molecule has 2 aromatic heterocycles. The highest BCUT2D eigenvalue weighted by Gasteiger charge is 2.11. The Kier molecular flexibility index (Phi) is 4.38. The summed E-state index contributed by atoms with van der Waals surface area (Å²) in [6, 6.07) is 13.2. The van der Waals surface area contributed by atoms with Crippen LogP contribution < -0.4 is 5.43 Å². The number of hydrogen-bond donors (Lipinski definition) is 2. The van der Waals surface area contributed by atoms with Gasteiger partial charge < -0.3 is 4.57 Å². The smallest absolute Gasteiger partial charge is 0.289 e. The topological polar surface area (TPSA) is 75.1 Å². The number of carbonyl (C=O) groups is 1. The number of aromatic amines is 1. The normalized spacial score (nSPS) is 11.0. The average Bonchev–Trinajstić information content (AvgIpc) is 3.15. The van der Waals surface area contributed by atoms with Crippen LogP contribution in [0.2, 0.25) is 0 Å². The number of benzene rings is 1. The summed E-state index contributed by atoms with van der Waals surface area (Å²) >= 11 is 3.38. The van der Waals surface area contributed by atoms with Crippen LogP contribution in [-0.4, -0.2) is 26.9 Å². The summed E-state index contributed by atoms with van der Waals surface area (Å²) in [4.78, 5) is 12.1. The fraction of sp³-hybridized carbons (Fsp3) is 0.0625. The van der Waals surface area contributed by atoms with Crippen LogP contribution in [0.15, 0.2) is 58.2 Å². The maximum Gasteiger partial charge on any atom is 0.289 e. The minimum absolute atomic E-state index is 0.343. The third-order valence-electron chi connectivity index (χ3n) is 3.26. The van der Waals surface area contributed by atoms with E-state index in [1.807, 2.05) is 54.2 Å². The molecule has 2 N–H and O–H groups in total. The van der Waals surface area contributed by atoms with Crippen molar-refractivity contribution in [1.29, 1.82) is 0 Å². The molecule has 0 radical (unpaired) electrons. The largest absolute Gasteiger partial charge is 0.349 e. The molecule has 1 amide bonds. The van der Waals surface area contributed by atoms with Crippen LogP contribution in [0.4, 0.5) is 0 Å². The molecule has 0 atom stereocenters. The number of nitrogens with zero attached hydrogens (tertiary/aromatic N) is 3. The molecule has 7 heteroatoms. The van der Waals surface area contributed by atoms with E-state index in [-0.39, 0.29) is 5.91 Å². The maximum absolute atomic E-state index is 12.1. The van der Waals surface area contributed by atoms with Gasteiger partial charge in [0, 0.05) is 17.7 Å². The average molecular weight is 372 g/mol. The van der Waals surface area contributed by atoms with E-state index >= 15 is 0 Å². The number of carbonyl (C=O) groups excluding carboxylic acids is 1. The Morgan fingerprint density at radius 2 is 2.22 bits per heavy atom. The molecular formula is C16H14BrN5O. The number of amides is 1. The van der Waals surface area contributed by atoms with E-state index in [4.69, 9.17) is 0 Å². The molecule has 23 heavy (non-hydrogen) atoms. The van der Waals surface area contributed by atoms with Crippen molar-refractivity contribution in [1.82, 2.24) is 20.2 Å². The summed E-state index contributed by atoms with van der Waals surface area (Å²) in [6.07, 6.45) is 3.50. The molecule has 3 aromatic rings. The van der Waals surface area contributed by atoms with Gasteiger partial charge in [-0.25, -0.2) is 5.43 Å². The minimum atomic E-state index is -0.343. The molecule has 3 rings (SSSR count). The second-order valence-electron chi connectivity index (χ2n) is 4.93. The predicted molar refractivity (Wildman–Crippen MR) is 92.2 cm³/mol. The van der Waals surface area contributed by atoms with Crippen LogP contribution >= 0.6 is 15.9 Å². The molecule has 0 aliphatic carbocycles. The number of hydrazone groups is 1. The molecule has 0 aliphatic heterocycles. The van der Waals surface area contributed by atoms with E-state index in [1.54, 1.807) is 12.3 Å². The molecule has 6 nitrogen and oxygen atoms in total. The number of rotatable bonds is 4. The van der Waals surface area contributed by atoms with E-state index in [2.05, 4.69) is 36.7 Å². The first-order valence-electron chi connectivity index (χ1n) is 6.89. The molecule has 116 valence electrons. The molecule has 1 aromatic carbocycles. The first-order chi connectivity index (χ1) is 11.1. The molecule has 0 aliphatic rings. The van der Waals surface area contributed by atoms with E-state index < -0.39 is 0 Å². The van der Waals surface area contributed by atoms with E-state index in [1.165, 1.54) is 0 Å². The Hall–Kier alpha value is -2.67. The van der Waals surface area contributed by atoms with Gasteiger partial charge in [-0.15, -0.1) is 0 Å². The highest BCUT2D eigenvalue weighted by molar-refractivity contribution is 9.10. The Labute approximate surface area is 141 Å². The minimum Gasteiger partial charge on any atom is -0.349 e. The lowest BCUT2D eigenvalue weighted by Crippen LogP contribution is -2.18. The molecular weight excluding hydrogens is 358 g/mol. The second-order valence-corrected chi connectivity index (χ2v) is 5.84. The van der Waals surface area contributed by atoms with Gasteiger partial charge in [0.05, 0.1) is 11.9 Å². The lowest BCUT2D eigenvalue weighted by Gasteiger charge is -1.97. The van der Waals surface area contributed by atoms with Crippen molar-refractivity contribution in [2.24, 2.45) is 12.1 Å². The number of aromatic nitrogens is 3. The van der Waals surface area contributed by atoms with Crippen LogP contribution in [0.3, 0.4) is 0 Å². The summed E-state index contributed by atoms with van der Waals surface area (Å²) < 4.78 is 2.89. The predicted octanol–water partition coefficient (Wildman–Crippen LogP) is 2.94. The Morgan fingerprint density at radius 3 is 2.96 bits per heavy atom. The van der Waals surface area contributed by atoms with E-state index in [9.17, 15) is 4.79 Å². The summed E-state index contributed by atoms with van der Waals surface area (Å²) in [5, 5.41) is 10.8. The van der Waals surface area contributed by atoms with Gasteiger partial charge >= 0.3 is 0 Å². The number of halogens is 1. The lowest BCUT2D eigenvalue weighted by atomic mass is 10.2. The van der Waals surface area contributed by atoms with Crippen molar-refractivity contribution < 1.29 is 4.79 Å². The number of aryl methyl sites for hydroxylation is 1. The first kappa shape index (κ1) is 15.2. The zero-order valence-electron chi connectivity index (χ0n) is 12.3. The van der Waals surface area contributed by atoms with Crippen molar-refractivity contribution >= 4 is 28.1 Å². The zero-order valence-corrected chi connectivity index (χ0v) is 13.9. The van der Waals surface area contributed by atoms with Gasteiger partial charge in [-0.3, -0.25) is 9.89 Å². The molecule has 2 heterocycles. The molecule has 0 fully saturated rings. The Bertz CT molecular complexity index is 865.